The molecule has 0 saturated heterocycles. The van der Waals surface area contributed by atoms with Crippen molar-refractivity contribution in [3.8, 4) is 0 Å². The second-order valence-corrected chi connectivity index (χ2v) is 4.59. The van der Waals surface area contributed by atoms with Gasteiger partial charge >= 0.3 is 5.97 Å². The van der Waals surface area contributed by atoms with Gasteiger partial charge in [0.05, 0.1) is 0 Å². The quantitative estimate of drug-likeness (QED) is 0.804. The zero-order valence-corrected chi connectivity index (χ0v) is 10.8. The van der Waals surface area contributed by atoms with Crippen molar-refractivity contribution in [1.82, 2.24) is 5.32 Å². The number of carbonyl (C=O) groups is 2. The van der Waals surface area contributed by atoms with E-state index in [1.165, 1.54) is 18.7 Å². The van der Waals surface area contributed by atoms with Gasteiger partial charge in [0, 0.05) is 10.5 Å². The molecule has 0 radical (unpaired) electrons. The monoisotopic (exact) mass is 253 g/mol. The number of carboxylic acid groups (broad SMARTS) is 1. The number of thioether (sulfide) groups is 1. The van der Waals surface area contributed by atoms with Crippen LogP contribution in [0.15, 0.2) is 23.1 Å². The molecule has 0 heterocycles. The van der Waals surface area contributed by atoms with Gasteiger partial charge in [0.1, 0.15) is 6.04 Å². The van der Waals surface area contributed by atoms with Crippen molar-refractivity contribution < 1.29 is 14.7 Å². The van der Waals surface area contributed by atoms with Crippen LogP contribution in [0.1, 0.15) is 22.8 Å². The molecule has 0 unspecified atom stereocenters. The highest BCUT2D eigenvalue weighted by Crippen LogP contribution is 2.19. The van der Waals surface area contributed by atoms with E-state index in [1.54, 1.807) is 6.07 Å². The molecule has 1 atom stereocenters. The molecular weight excluding hydrogens is 238 g/mol. The standard InChI is InChI=1S/C12H15NO3S/c1-7-4-5-9(17-3)6-10(7)11(14)13-8(2)12(15)16/h4-6,8H,1-3H3,(H,13,14)(H,15,16)/t8-/m1/s1. The third-order valence-corrected chi connectivity index (χ3v) is 3.13. The molecule has 1 amide bonds. The summed E-state index contributed by atoms with van der Waals surface area (Å²) in [6.45, 7) is 3.26. The third-order valence-electron chi connectivity index (χ3n) is 2.41. The largest absolute Gasteiger partial charge is 0.480 e. The SMILES string of the molecule is CSc1ccc(C)c(C(=O)N[C@H](C)C(=O)O)c1. The number of aryl methyl sites for hydroxylation is 1. The lowest BCUT2D eigenvalue weighted by molar-refractivity contribution is -0.138. The Morgan fingerprint density at radius 2 is 2.06 bits per heavy atom. The predicted molar refractivity (Wildman–Crippen MR) is 67.5 cm³/mol. The van der Waals surface area contributed by atoms with Crippen LogP contribution < -0.4 is 5.32 Å². The van der Waals surface area contributed by atoms with Crippen molar-refractivity contribution in [3.63, 3.8) is 0 Å². The van der Waals surface area contributed by atoms with Crippen molar-refractivity contribution in [2.24, 2.45) is 0 Å². The summed E-state index contributed by atoms with van der Waals surface area (Å²) in [6, 6.07) is 4.66. The average Bonchev–Trinajstić information content (AvgIpc) is 2.29. The van der Waals surface area contributed by atoms with Gasteiger partial charge in [0.25, 0.3) is 5.91 Å². The first-order valence-corrected chi connectivity index (χ1v) is 6.36. The number of hydrogen-bond acceptors (Lipinski definition) is 3. The van der Waals surface area contributed by atoms with Crippen LogP contribution in [0.25, 0.3) is 0 Å². The minimum atomic E-state index is -1.04. The Labute approximate surface area is 104 Å². The number of rotatable bonds is 4. The molecule has 92 valence electrons. The van der Waals surface area contributed by atoms with Gasteiger partial charge in [-0.15, -0.1) is 11.8 Å². The molecule has 1 aromatic carbocycles. The van der Waals surface area contributed by atoms with E-state index >= 15 is 0 Å². The highest BCUT2D eigenvalue weighted by Gasteiger charge is 2.16. The Bertz CT molecular complexity index is 445. The highest BCUT2D eigenvalue weighted by atomic mass is 32.2. The van der Waals surface area contributed by atoms with Crippen LogP contribution >= 0.6 is 11.8 Å². The Balaban J connectivity index is 2.91. The molecule has 0 saturated carbocycles. The maximum Gasteiger partial charge on any atom is 0.325 e. The first-order valence-electron chi connectivity index (χ1n) is 5.14. The first-order chi connectivity index (χ1) is 7.95. The van der Waals surface area contributed by atoms with Gasteiger partial charge in [-0.1, -0.05) is 6.07 Å². The predicted octanol–water partition coefficient (Wildman–Crippen LogP) is 1.92. The molecule has 0 fully saturated rings. The van der Waals surface area contributed by atoms with Gasteiger partial charge in [-0.3, -0.25) is 9.59 Å². The summed E-state index contributed by atoms with van der Waals surface area (Å²) in [7, 11) is 0. The Hall–Kier alpha value is -1.49. The molecule has 0 aromatic heterocycles. The topological polar surface area (TPSA) is 66.4 Å². The maximum atomic E-state index is 11.9. The summed E-state index contributed by atoms with van der Waals surface area (Å²) in [4.78, 5) is 23.5. The lowest BCUT2D eigenvalue weighted by atomic mass is 10.1. The van der Waals surface area contributed by atoms with Crippen molar-refractivity contribution in [1.29, 1.82) is 0 Å². The molecule has 1 rings (SSSR count). The van der Waals surface area contributed by atoms with Gasteiger partial charge in [-0.2, -0.15) is 0 Å². The van der Waals surface area contributed by atoms with Gasteiger partial charge < -0.3 is 10.4 Å². The first kappa shape index (κ1) is 13.6. The molecule has 0 bridgehead atoms. The van der Waals surface area contributed by atoms with Gasteiger partial charge in [-0.25, -0.2) is 0 Å². The van der Waals surface area contributed by atoms with E-state index in [0.717, 1.165) is 10.5 Å². The Morgan fingerprint density at radius 3 is 2.59 bits per heavy atom. The number of carboxylic acids is 1. The fourth-order valence-corrected chi connectivity index (χ4v) is 1.75. The summed E-state index contributed by atoms with van der Waals surface area (Å²) in [5, 5.41) is 11.2. The summed E-state index contributed by atoms with van der Waals surface area (Å²) in [5.74, 6) is -1.40. The normalized spacial score (nSPS) is 11.9. The lowest BCUT2D eigenvalue weighted by Gasteiger charge is -2.11. The van der Waals surface area contributed by atoms with E-state index in [2.05, 4.69) is 5.32 Å². The van der Waals surface area contributed by atoms with Crippen LogP contribution in [0, 0.1) is 6.92 Å². The zero-order valence-electron chi connectivity index (χ0n) is 9.98. The van der Waals surface area contributed by atoms with Crippen LogP contribution in [-0.2, 0) is 4.79 Å². The van der Waals surface area contributed by atoms with E-state index in [9.17, 15) is 9.59 Å². The number of benzene rings is 1. The van der Waals surface area contributed by atoms with E-state index < -0.39 is 12.0 Å². The second kappa shape index (κ2) is 5.72. The number of aliphatic carboxylic acids is 1. The second-order valence-electron chi connectivity index (χ2n) is 3.71. The molecule has 0 spiro atoms. The van der Waals surface area contributed by atoms with Crippen molar-refractivity contribution in [3.05, 3.63) is 29.3 Å². The van der Waals surface area contributed by atoms with E-state index in [0.29, 0.717) is 5.56 Å². The molecule has 2 N–H and O–H groups in total. The Morgan fingerprint density at radius 1 is 1.41 bits per heavy atom. The van der Waals surface area contributed by atoms with Crippen LogP contribution in [0.4, 0.5) is 0 Å². The van der Waals surface area contributed by atoms with Crippen LogP contribution in [0.5, 0.6) is 0 Å². The molecule has 4 nitrogen and oxygen atoms in total. The third kappa shape index (κ3) is 3.49. The fraction of sp³-hybridized carbons (Fsp3) is 0.333. The number of nitrogens with one attached hydrogen (secondary N) is 1. The fourth-order valence-electron chi connectivity index (χ4n) is 1.31. The molecular formula is C12H15NO3S. The number of amides is 1. The molecule has 5 heteroatoms. The molecule has 17 heavy (non-hydrogen) atoms. The Kier molecular flexibility index (Phi) is 4.57. The molecule has 0 aliphatic carbocycles. The van der Waals surface area contributed by atoms with Crippen molar-refractivity contribution in [2.45, 2.75) is 24.8 Å². The smallest absolute Gasteiger partial charge is 0.325 e. The van der Waals surface area contributed by atoms with Gasteiger partial charge in [0.2, 0.25) is 0 Å². The van der Waals surface area contributed by atoms with Crippen LogP contribution in [-0.4, -0.2) is 29.3 Å². The van der Waals surface area contributed by atoms with E-state index in [4.69, 9.17) is 5.11 Å². The molecule has 0 aliphatic rings. The number of carbonyl (C=O) groups excluding carboxylic acids is 1. The minimum absolute atomic E-state index is 0.353. The molecule has 0 aliphatic heterocycles. The maximum absolute atomic E-state index is 11.9. The summed E-state index contributed by atoms with van der Waals surface area (Å²) in [6.07, 6.45) is 1.92. The van der Waals surface area contributed by atoms with E-state index in [-0.39, 0.29) is 5.91 Å². The minimum Gasteiger partial charge on any atom is -0.480 e. The molecule has 1 aromatic rings. The highest BCUT2D eigenvalue weighted by molar-refractivity contribution is 7.98. The van der Waals surface area contributed by atoms with E-state index in [1.807, 2.05) is 25.3 Å². The van der Waals surface area contributed by atoms with Gasteiger partial charge in [0.15, 0.2) is 0 Å². The van der Waals surface area contributed by atoms with Crippen molar-refractivity contribution >= 4 is 23.6 Å². The summed E-state index contributed by atoms with van der Waals surface area (Å²) < 4.78 is 0. The van der Waals surface area contributed by atoms with Crippen LogP contribution in [0.2, 0.25) is 0 Å². The summed E-state index contributed by atoms with van der Waals surface area (Å²) >= 11 is 1.54. The van der Waals surface area contributed by atoms with Crippen molar-refractivity contribution in [2.75, 3.05) is 6.26 Å². The summed E-state index contributed by atoms with van der Waals surface area (Å²) in [5.41, 5.74) is 1.35. The zero-order chi connectivity index (χ0) is 13.0. The van der Waals surface area contributed by atoms with Crippen LogP contribution in [0.3, 0.4) is 0 Å². The van der Waals surface area contributed by atoms with Gasteiger partial charge in [-0.05, 0) is 37.8 Å². The number of hydrogen-bond donors (Lipinski definition) is 2. The average molecular weight is 253 g/mol. The lowest BCUT2D eigenvalue weighted by Crippen LogP contribution is -2.38.